The number of nitrogens with zero attached hydrogens (tertiary/aromatic N) is 1. The summed E-state index contributed by atoms with van der Waals surface area (Å²) in [6, 6.07) is 0. The molecule has 4 nitrogen and oxygen atoms in total. The predicted molar refractivity (Wildman–Crippen MR) is 76.8 cm³/mol. The standard InChI is InChI=1S/C13H30NO3P/c1-11(2,3)14(10)18(15,16-12(4,5)6)17-13(7,8)9/h1-10H3. The minimum absolute atomic E-state index is 0.300. The van der Waals surface area contributed by atoms with Crippen molar-refractivity contribution in [3.05, 3.63) is 0 Å². The zero-order valence-electron chi connectivity index (χ0n) is 13.6. The third kappa shape index (κ3) is 6.33. The molecule has 0 aromatic carbocycles. The summed E-state index contributed by atoms with van der Waals surface area (Å²) in [6.45, 7) is 17.2. The maximum atomic E-state index is 13.1. The molecule has 0 bridgehead atoms. The summed E-state index contributed by atoms with van der Waals surface area (Å²) < 4.78 is 26.3. The maximum absolute atomic E-state index is 13.1. The van der Waals surface area contributed by atoms with Gasteiger partial charge in [-0.25, -0.2) is 9.24 Å². The second-order valence-electron chi connectivity index (χ2n) is 7.57. The molecule has 0 spiro atoms. The van der Waals surface area contributed by atoms with E-state index in [2.05, 4.69) is 0 Å². The van der Waals surface area contributed by atoms with Crippen LogP contribution in [-0.2, 0) is 13.6 Å². The fraction of sp³-hybridized carbons (Fsp3) is 1.00. The predicted octanol–water partition coefficient (Wildman–Crippen LogP) is 4.46. The van der Waals surface area contributed by atoms with Crippen molar-refractivity contribution >= 4 is 7.75 Å². The van der Waals surface area contributed by atoms with E-state index in [0.29, 0.717) is 0 Å². The van der Waals surface area contributed by atoms with Gasteiger partial charge in [0.1, 0.15) is 0 Å². The van der Waals surface area contributed by atoms with Crippen LogP contribution in [0.4, 0.5) is 0 Å². The summed E-state index contributed by atoms with van der Waals surface area (Å²) in [4.78, 5) is 0. The fourth-order valence-electron chi connectivity index (χ4n) is 1.20. The van der Waals surface area contributed by atoms with E-state index in [1.807, 2.05) is 62.3 Å². The molecule has 0 saturated carbocycles. The SMILES string of the molecule is CN(C(C)(C)C)P(=O)(OC(C)(C)C)OC(C)(C)C. The van der Waals surface area contributed by atoms with Gasteiger partial charge in [0, 0.05) is 5.54 Å². The van der Waals surface area contributed by atoms with E-state index in [9.17, 15) is 4.57 Å². The lowest BCUT2D eigenvalue weighted by Gasteiger charge is -2.41. The average Bonchev–Trinajstić information content (AvgIpc) is 1.92. The Morgan fingerprint density at radius 2 is 1.06 bits per heavy atom. The quantitative estimate of drug-likeness (QED) is 0.715. The van der Waals surface area contributed by atoms with Crippen LogP contribution in [0.2, 0.25) is 0 Å². The first-order valence-electron chi connectivity index (χ1n) is 6.33. The van der Waals surface area contributed by atoms with E-state index < -0.39 is 18.9 Å². The van der Waals surface area contributed by atoms with Crippen LogP contribution in [0.5, 0.6) is 0 Å². The first kappa shape index (κ1) is 18.1. The minimum atomic E-state index is -3.34. The molecule has 0 aliphatic rings. The second kappa shape index (κ2) is 5.24. The van der Waals surface area contributed by atoms with E-state index in [1.54, 1.807) is 11.7 Å². The van der Waals surface area contributed by atoms with Crippen molar-refractivity contribution in [3.63, 3.8) is 0 Å². The highest BCUT2D eigenvalue weighted by molar-refractivity contribution is 7.51. The van der Waals surface area contributed by atoms with Crippen LogP contribution in [0.1, 0.15) is 62.3 Å². The molecule has 0 aliphatic heterocycles. The molecule has 5 heteroatoms. The highest BCUT2D eigenvalue weighted by atomic mass is 31.2. The van der Waals surface area contributed by atoms with Crippen molar-refractivity contribution in [2.24, 2.45) is 0 Å². The van der Waals surface area contributed by atoms with Crippen LogP contribution in [-0.4, -0.2) is 28.5 Å². The van der Waals surface area contributed by atoms with Crippen molar-refractivity contribution in [3.8, 4) is 0 Å². The largest absolute Gasteiger partial charge is 0.409 e. The summed E-state index contributed by atoms with van der Waals surface area (Å²) in [7, 11) is -1.57. The van der Waals surface area contributed by atoms with Gasteiger partial charge in [-0.1, -0.05) is 0 Å². The van der Waals surface area contributed by atoms with Crippen molar-refractivity contribution in [1.82, 2.24) is 4.67 Å². The summed E-state index contributed by atoms with van der Waals surface area (Å²) in [6.07, 6.45) is 0. The van der Waals surface area contributed by atoms with Crippen LogP contribution < -0.4 is 0 Å². The molecule has 18 heavy (non-hydrogen) atoms. The van der Waals surface area contributed by atoms with Gasteiger partial charge in [-0.05, 0) is 69.4 Å². The Morgan fingerprint density at radius 1 is 0.778 bits per heavy atom. The van der Waals surface area contributed by atoms with Crippen molar-refractivity contribution in [2.75, 3.05) is 7.05 Å². The normalized spacial score (nSPS) is 15.3. The average molecular weight is 279 g/mol. The van der Waals surface area contributed by atoms with Gasteiger partial charge in [-0.15, -0.1) is 0 Å². The number of rotatable bonds is 3. The van der Waals surface area contributed by atoms with Gasteiger partial charge in [-0.3, -0.25) is 9.05 Å². The summed E-state index contributed by atoms with van der Waals surface area (Å²) >= 11 is 0. The molecule has 0 unspecified atom stereocenters. The molecule has 0 fully saturated rings. The van der Waals surface area contributed by atoms with E-state index in [0.717, 1.165) is 0 Å². The van der Waals surface area contributed by atoms with Gasteiger partial charge in [0.2, 0.25) is 0 Å². The Balaban J connectivity index is 5.37. The third-order valence-electron chi connectivity index (χ3n) is 2.12. The topological polar surface area (TPSA) is 38.8 Å². The van der Waals surface area contributed by atoms with E-state index in [1.165, 1.54) is 0 Å². The van der Waals surface area contributed by atoms with Crippen molar-refractivity contribution < 1.29 is 13.6 Å². The molecular formula is C13H30NO3P. The highest BCUT2D eigenvalue weighted by Crippen LogP contribution is 2.58. The molecule has 0 N–H and O–H groups in total. The van der Waals surface area contributed by atoms with Crippen LogP contribution in [0.15, 0.2) is 0 Å². The molecule has 0 heterocycles. The highest BCUT2D eigenvalue weighted by Gasteiger charge is 2.43. The monoisotopic (exact) mass is 279 g/mol. The van der Waals surface area contributed by atoms with Crippen molar-refractivity contribution in [1.29, 1.82) is 0 Å². The molecule has 0 atom stereocenters. The molecule has 0 rings (SSSR count). The molecule has 0 aromatic rings. The lowest BCUT2D eigenvalue weighted by atomic mass is 10.1. The Kier molecular flexibility index (Phi) is 5.27. The van der Waals surface area contributed by atoms with Crippen LogP contribution in [0.25, 0.3) is 0 Å². The molecule has 0 aliphatic carbocycles. The van der Waals surface area contributed by atoms with Crippen LogP contribution in [0, 0.1) is 0 Å². The van der Waals surface area contributed by atoms with E-state index in [4.69, 9.17) is 9.05 Å². The van der Waals surface area contributed by atoms with Crippen LogP contribution in [0.3, 0.4) is 0 Å². The molecule has 0 aromatic heterocycles. The fourth-order valence-corrected chi connectivity index (χ4v) is 3.60. The van der Waals surface area contributed by atoms with Gasteiger partial charge in [0.15, 0.2) is 0 Å². The van der Waals surface area contributed by atoms with Crippen LogP contribution >= 0.6 is 7.75 Å². The van der Waals surface area contributed by atoms with E-state index >= 15 is 0 Å². The minimum Gasteiger partial charge on any atom is -0.291 e. The molecule has 0 saturated heterocycles. The second-order valence-corrected chi connectivity index (χ2v) is 9.47. The zero-order chi connectivity index (χ0) is 15.0. The summed E-state index contributed by atoms with van der Waals surface area (Å²) in [5.74, 6) is 0. The smallest absolute Gasteiger partial charge is 0.291 e. The number of hydrogen-bond donors (Lipinski definition) is 0. The molecule has 0 amide bonds. The lowest BCUT2D eigenvalue weighted by molar-refractivity contribution is 0.0177. The van der Waals surface area contributed by atoms with Gasteiger partial charge < -0.3 is 0 Å². The molecular weight excluding hydrogens is 249 g/mol. The van der Waals surface area contributed by atoms with Gasteiger partial charge >= 0.3 is 7.75 Å². The van der Waals surface area contributed by atoms with E-state index in [-0.39, 0.29) is 5.54 Å². The third-order valence-corrected chi connectivity index (χ3v) is 5.01. The van der Waals surface area contributed by atoms with Gasteiger partial charge in [0.25, 0.3) is 0 Å². The zero-order valence-corrected chi connectivity index (χ0v) is 14.5. The summed E-state index contributed by atoms with van der Waals surface area (Å²) in [5.41, 5.74) is -1.35. The lowest BCUT2D eigenvalue weighted by Crippen LogP contribution is -2.40. The Bertz CT molecular complexity index is 301. The first-order chi connectivity index (χ1) is 7.57. The Hall–Kier alpha value is 0.110. The maximum Gasteiger partial charge on any atom is 0.409 e. The first-order valence-corrected chi connectivity index (χ1v) is 7.82. The number of hydrogen-bond acceptors (Lipinski definition) is 3. The Morgan fingerprint density at radius 3 is 1.22 bits per heavy atom. The van der Waals surface area contributed by atoms with Gasteiger partial charge in [-0.2, -0.15) is 0 Å². The molecule has 0 radical (unpaired) electrons. The van der Waals surface area contributed by atoms with Gasteiger partial charge in [0.05, 0.1) is 11.2 Å². The Labute approximate surface area is 113 Å². The van der Waals surface area contributed by atoms with Crippen molar-refractivity contribution in [2.45, 2.75) is 79.1 Å². The summed E-state index contributed by atoms with van der Waals surface area (Å²) in [5, 5.41) is 0. The molecule has 110 valence electrons.